The second-order valence-corrected chi connectivity index (χ2v) is 7.36. The summed E-state index contributed by atoms with van der Waals surface area (Å²) in [5.74, 6) is 0.923. The number of methoxy groups -OCH3 is 1. The van der Waals surface area contributed by atoms with Crippen LogP contribution in [-0.4, -0.2) is 23.9 Å². The number of benzene rings is 1. The van der Waals surface area contributed by atoms with Crippen LogP contribution in [0.1, 0.15) is 30.7 Å². The third-order valence-electron chi connectivity index (χ3n) is 3.27. The number of unbranched alkanes of at least 4 members (excludes halogenated alkanes) is 1. The summed E-state index contributed by atoms with van der Waals surface area (Å²) in [6.45, 7) is 2.10. The van der Waals surface area contributed by atoms with Crippen LogP contribution in [0, 0.1) is 11.3 Å². The Morgan fingerprint density at radius 3 is 2.96 bits per heavy atom. The number of phenolic OH excluding ortho intramolecular Hbond substituents is 1. The highest BCUT2D eigenvalue weighted by atomic mass is 32.2. The molecule has 0 saturated carbocycles. The molecule has 2 rings (SSSR count). The molecule has 1 aliphatic heterocycles. The minimum Gasteiger partial charge on any atom is -0.504 e. The molecule has 7 heteroatoms. The zero-order valence-electron chi connectivity index (χ0n) is 13.0. The number of thioether (sulfide) groups is 2. The van der Waals surface area contributed by atoms with Crippen LogP contribution in [0.4, 0.5) is 0 Å². The van der Waals surface area contributed by atoms with Crippen molar-refractivity contribution in [3.8, 4) is 17.6 Å². The van der Waals surface area contributed by atoms with Crippen molar-refractivity contribution in [3.63, 3.8) is 0 Å². The second-order valence-electron chi connectivity index (χ2n) is 4.88. The van der Waals surface area contributed by atoms with Gasteiger partial charge in [-0.05, 0) is 29.9 Å². The lowest BCUT2D eigenvalue weighted by Crippen LogP contribution is -2.31. The molecular formula is C16H18N2O3S2. The van der Waals surface area contributed by atoms with Gasteiger partial charge in [0.1, 0.15) is 17.0 Å². The average molecular weight is 350 g/mol. The molecule has 23 heavy (non-hydrogen) atoms. The number of aromatic hydroxyl groups is 1. The van der Waals surface area contributed by atoms with Gasteiger partial charge in [-0.15, -0.1) is 11.8 Å². The van der Waals surface area contributed by atoms with Crippen molar-refractivity contribution in [2.24, 2.45) is 0 Å². The first-order chi connectivity index (χ1) is 11.1. The molecule has 1 aromatic carbocycles. The molecule has 2 N–H and O–H groups in total. The van der Waals surface area contributed by atoms with Crippen LogP contribution in [0.25, 0.3) is 0 Å². The van der Waals surface area contributed by atoms with Crippen molar-refractivity contribution < 1.29 is 14.6 Å². The molecule has 0 aliphatic carbocycles. The predicted octanol–water partition coefficient (Wildman–Crippen LogP) is 3.53. The van der Waals surface area contributed by atoms with Gasteiger partial charge in [0.15, 0.2) is 11.5 Å². The lowest BCUT2D eigenvalue weighted by Gasteiger charge is -2.25. The summed E-state index contributed by atoms with van der Waals surface area (Å²) in [5.41, 5.74) is 0.988. The molecule has 0 spiro atoms. The van der Waals surface area contributed by atoms with Crippen molar-refractivity contribution in [3.05, 3.63) is 33.6 Å². The van der Waals surface area contributed by atoms with Gasteiger partial charge in [-0.25, -0.2) is 0 Å². The Balaban J connectivity index is 2.25. The quantitative estimate of drug-likeness (QED) is 0.764. The number of nitriles is 1. The van der Waals surface area contributed by atoms with E-state index in [9.17, 15) is 15.2 Å². The van der Waals surface area contributed by atoms with E-state index in [0.29, 0.717) is 5.75 Å². The third-order valence-corrected chi connectivity index (χ3v) is 5.91. The fraction of sp³-hybridized carbons (Fsp3) is 0.375. The largest absolute Gasteiger partial charge is 0.504 e. The van der Waals surface area contributed by atoms with E-state index in [1.807, 2.05) is 6.07 Å². The highest BCUT2D eigenvalue weighted by Crippen LogP contribution is 2.45. The van der Waals surface area contributed by atoms with Crippen LogP contribution in [0.15, 0.2) is 28.0 Å². The molecule has 1 aliphatic rings. The molecule has 5 nitrogen and oxygen atoms in total. The van der Waals surface area contributed by atoms with Gasteiger partial charge in [0, 0.05) is 0 Å². The van der Waals surface area contributed by atoms with Gasteiger partial charge in [0.25, 0.3) is 5.91 Å². The van der Waals surface area contributed by atoms with Gasteiger partial charge >= 0.3 is 0 Å². The van der Waals surface area contributed by atoms with Crippen LogP contribution in [0.3, 0.4) is 0 Å². The molecule has 122 valence electrons. The Kier molecular flexibility index (Phi) is 6.25. The normalized spacial score (nSPS) is 17.6. The van der Waals surface area contributed by atoms with Gasteiger partial charge < -0.3 is 15.2 Å². The Bertz CT molecular complexity index is 668. The number of hydrogen-bond donors (Lipinski definition) is 2. The summed E-state index contributed by atoms with van der Waals surface area (Å²) in [7, 11) is 1.48. The summed E-state index contributed by atoms with van der Waals surface area (Å²) >= 11 is 3.00. The van der Waals surface area contributed by atoms with Crippen molar-refractivity contribution in [2.75, 3.05) is 12.9 Å². The summed E-state index contributed by atoms with van der Waals surface area (Å²) < 4.78 is 5.86. The highest BCUT2D eigenvalue weighted by molar-refractivity contribution is 8.22. The van der Waals surface area contributed by atoms with E-state index in [-0.39, 0.29) is 22.6 Å². The van der Waals surface area contributed by atoms with Gasteiger partial charge in [0.05, 0.1) is 11.3 Å². The predicted molar refractivity (Wildman–Crippen MR) is 93.1 cm³/mol. The van der Waals surface area contributed by atoms with E-state index >= 15 is 0 Å². The van der Waals surface area contributed by atoms with E-state index in [1.165, 1.54) is 24.9 Å². The molecule has 1 aromatic rings. The maximum atomic E-state index is 12.2. The number of rotatable bonds is 6. The van der Waals surface area contributed by atoms with Crippen molar-refractivity contribution in [2.45, 2.75) is 25.1 Å². The fourth-order valence-electron chi connectivity index (χ4n) is 2.00. The summed E-state index contributed by atoms with van der Waals surface area (Å²) in [6.07, 6.45) is 2.10. The first-order valence-electron chi connectivity index (χ1n) is 7.22. The number of nitrogens with one attached hydrogen (secondary N) is 1. The van der Waals surface area contributed by atoms with E-state index in [4.69, 9.17) is 4.74 Å². The number of amides is 1. The van der Waals surface area contributed by atoms with Gasteiger partial charge in [-0.3, -0.25) is 4.79 Å². The molecule has 1 heterocycles. The highest BCUT2D eigenvalue weighted by Gasteiger charge is 2.29. The molecule has 0 unspecified atom stereocenters. The first-order valence-corrected chi connectivity index (χ1v) is 9.08. The molecule has 0 bridgehead atoms. The van der Waals surface area contributed by atoms with Crippen molar-refractivity contribution >= 4 is 29.4 Å². The standard InChI is InChI=1S/C16H18N2O3S2/c1-3-4-7-22-16-11(9-17)14(20)18-15(23-16)10-5-6-12(19)13(8-10)21-2/h5-6,8,15,19H,3-4,7H2,1-2H3,(H,18,20)/t15-/m0/s1. The Hall–Kier alpha value is -1.78. The van der Waals surface area contributed by atoms with E-state index in [2.05, 4.69) is 12.2 Å². The minimum absolute atomic E-state index is 0.0502. The minimum atomic E-state index is -0.359. The summed E-state index contributed by atoms with van der Waals surface area (Å²) in [6, 6.07) is 6.96. The summed E-state index contributed by atoms with van der Waals surface area (Å²) in [5, 5.41) is 21.4. The SMILES string of the molecule is CCCCSC1=C(C#N)C(=O)N[C@H](c2ccc(O)c(OC)c2)S1. The number of carbonyl (C=O) groups is 1. The lowest BCUT2D eigenvalue weighted by atomic mass is 10.2. The van der Waals surface area contributed by atoms with Crippen LogP contribution in [0.5, 0.6) is 11.5 Å². The number of ether oxygens (including phenoxy) is 1. The zero-order valence-corrected chi connectivity index (χ0v) is 14.6. The maximum Gasteiger partial charge on any atom is 0.264 e. The second kappa shape index (κ2) is 8.18. The van der Waals surface area contributed by atoms with Gasteiger partial charge in [0.2, 0.25) is 0 Å². The Morgan fingerprint density at radius 2 is 2.30 bits per heavy atom. The van der Waals surface area contributed by atoms with Crippen LogP contribution in [-0.2, 0) is 4.79 Å². The maximum absolute atomic E-state index is 12.2. The summed E-state index contributed by atoms with van der Waals surface area (Å²) in [4.78, 5) is 12.2. The lowest BCUT2D eigenvalue weighted by molar-refractivity contribution is -0.117. The van der Waals surface area contributed by atoms with Gasteiger partial charge in [-0.1, -0.05) is 31.2 Å². The zero-order chi connectivity index (χ0) is 16.8. The topological polar surface area (TPSA) is 82.4 Å². The Morgan fingerprint density at radius 1 is 1.52 bits per heavy atom. The smallest absolute Gasteiger partial charge is 0.264 e. The van der Waals surface area contributed by atoms with E-state index in [0.717, 1.165) is 28.4 Å². The third kappa shape index (κ3) is 4.15. The molecule has 0 radical (unpaired) electrons. The van der Waals surface area contributed by atoms with Crippen molar-refractivity contribution in [1.29, 1.82) is 5.26 Å². The van der Waals surface area contributed by atoms with Crippen LogP contribution in [0.2, 0.25) is 0 Å². The average Bonchev–Trinajstić information content (AvgIpc) is 2.55. The molecule has 1 atom stereocenters. The van der Waals surface area contributed by atoms with E-state index < -0.39 is 0 Å². The molecule has 0 saturated heterocycles. The molecule has 1 amide bonds. The fourth-order valence-corrected chi connectivity index (χ4v) is 4.63. The number of nitrogens with zero attached hydrogens (tertiary/aromatic N) is 1. The van der Waals surface area contributed by atoms with Crippen LogP contribution < -0.4 is 10.1 Å². The molecular weight excluding hydrogens is 332 g/mol. The van der Waals surface area contributed by atoms with E-state index in [1.54, 1.807) is 23.9 Å². The number of phenols is 1. The number of hydrogen-bond acceptors (Lipinski definition) is 6. The Labute approximate surface area is 144 Å². The first kappa shape index (κ1) is 17.6. The number of carbonyl (C=O) groups excluding carboxylic acids is 1. The van der Waals surface area contributed by atoms with Crippen LogP contribution >= 0.6 is 23.5 Å². The monoisotopic (exact) mass is 350 g/mol. The van der Waals surface area contributed by atoms with Crippen molar-refractivity contribution in [1.82, 2.24) is 5.32 Å². The molecule has 0 aromatic heterocycles. The van der Waals surface area contributed by atoms with Gasteiger partial charge in [-0.2, -0.15) is 5.26 Å². The molecule has 0 fully saturated rings.